The van der Waals surface area contributed by atoms with Gasteiger partial charge in [0.25, 0.3) is 17.5 Å². The number of carbonyl (C=O) groups excluding carboxylic acids is 2. The van der Waals surface area contributed by atoms with E-state index >= 15 is 0 Å². The molecule has 8 nitrogen and oxygen atoms in total. The number of ether oxygens (including phenoxy) is 2. The Hall–Kier alpha value is -4.46. The molecule has 0 radical (unpaired) electrons. The summed E-state index contributed by atoms with van der Waals surface area (Å²) in [6.07, 6.45) is 1.64. The molecule has 0 bridgehead atoms. The standard InChI is InChI=1S/C24H16N2O6/c27-23-19-4-2-1-3-18(19)20(11-15-5-8-17(9-6-15)26(29)30)24(28)25(23)13-16-7-10-21-22(12-16)32-14-31-21/h1-12H,13-14H2/b20-11+. The van der Waals surface area contributed by atoms with Gasteiger partial charge in [0.15, 0.2) is 11.5 Å². The van der Waals surface area contributed by atoms with Gasteiger partial charge < -0.3 is 9.47 Å². The summed E-state index contributed by atoms with van der Waals surface area (Å²) in [7, 11) is 0. The Bertz CT molecular complexity index is 1300. The highest BCUT2D eigenvalue weighted by atomic mass is 16.7. The number of hydrogen-bond donors (Lipinski definition) is 0. The molecule has 2 aliphatic heterocycles. The van der Waals surface area contributed by atoms with E-state index in [1.54, 1.807) is 60.7 Å². The largest absolute Gasteiger partial charge is 0.454 e. The number of non-ortho nitro benzene ring substituents is 1. The molecule has 2 aliphatic rings. The first-order chi connectivity index (χ1) is 15.5. The molecule has 0 saturated heterocycles. The quantitative estimate of drug-likeness (QED) is 0.269. The van der Waals surface area contributed by atoms with Crippen molar-refractivity contribution >= 4 is 29.2 Å². The highest BCUT2D eigenvalue weighted by molar-refractivity contribution is 6.33. The lowest BCUT2D eigenvalue weighted by Crippen LogP contribution is -2.41. The van der Waals surface area contributed by atoms with Crippen LogP contribution in [0.25, 0.3) is 11.6 Å². The van der Waals surface area contributed by atoms with E-state index in [1.807, 2.05) is 0 Å². The minimum atomic E-state index is -0.482. The number of hydrogen-bond acceptors (Lipinski definition) is 6. The van der Waals surface area contributed by atoms with Gasteiger partial charge in [-0.15, -0.1) is 0 Å². The van der Waals surface area contributed by atoms with Gasteiger partial charge >= 0.3 is 0 Å². The molecule has 158 valence electrons. The average molecular weight is 428 g/mol. The zero-order chi connectivity index (χ0) is 22.2. The van der Waals surface area contributed by atoms with Gasteiger partial charge in [0.2, 0.25) is 6.79 Å². The minimum absolute atomic E-state index is 0.0397. The zero-order valence-corrected chi connectivity index (χ0v) is 16.7. The molecule has 3 aromatic carbocycles. The number of fused-ring (bicyclic) bond motifs is 2. The van der Waals surface area contributed by atoms with E-state index in [2.05, 4.69) is 0 Å². The predicted octanol–water partition coefficient (Wildman–Crippen LogP) is 4.05. The van der Waals surface area contributed by atoms with Crippen LogP contribution in [0.15, 0.2) is 66.7 Å². The van der Waals surface area contributed by atoms with Crippen LogP contribution in [0, 0.1) is 10.1 Å². The lowest BCUT2D eigenvalue weighted by atomic mass is 9.91. The number of carbonyl (C=O) groups is 2. The second kappa shape index (κ2) is 7.66. The highest BCUT2D eigenvalue weighted by Crippen LogP contribution is 2.35. The SMILES string of the molecule is O=C1/C(=C/c2ccc([N+](=O)[O-])cc2)c2ccccc2C(=O)N1Cc1ccc2c(c1)OCO2. The monoisotopic (exact) mass is 428 g/mol. The van der Waals surface area contributed by atoms with Crippen molar-refractivity contribution in [3.63, 3.8) is 0 Å². The highest BCUT2D eigenvalue weighted by Gasteiger charge is 2.34. The molecule has 0 aliphatic carbocycles. The topological polar surface area (TPSA) is 99.0 Å². The third kappa shape index (κ3) is 3.37. The van der Waals surface area contributed by atoms with Crippen LogP contribution < -0.4 is 9.47 Å². The molecule has 0 atom stereocenters. The number of benzene rings is 3. The number of nitro benzene ring substituents is 1. The van der Waals surface area contributed by atoms with Gasteiger partial charge in [-0.3, -0.25) is 24.6 Å². The summed E-state index contributed by atoms with van der Waals surface area (Å²) in [5.41, 5.74) is 2.59. The van der Waals surface area contributed by atoms with Crippen LogP contribution in [0.5, 0.6) is 11.5 Å². The van der Waals surface area contributed by atoms with Crippen molar-refractivity contribution in [3.05, 3.63) is 99.1 Å². The van der Waals surface area contributed by atoms with Crippen molar-refractivity contribution in [3.8, 4) is 11.5 Å². The number of nitro groups is 1. The molecule has 0 saturated carbocycles. The maximum Gasteiger partial charge on any atom is 0.269 e. The fraction of sp³-hybridized carbons (Fsp3) is 0.0833. The molecule has 2 amide bonds. The summed E-state index contributed by atoms with van der Waals surface area (Å²) in [5, 5.41) is 10.9. The van der Waals surface area contributed by atoms with Gasteiger partial charge in [-0.25, -0.2) is 0 Å². The average Bonchev–Trinajstić information content (AvgIpc) is 3.28. The Morgan fingerprint density at radius 2 is 1.62 bits per heavy atom. The Morgan fingerprint density at radius 3 is 2.38 bits per heavy atom. The van der Waals surface area contributed by atoms with Gasteiger partial charge in [-0.1, -0.05) is 24.3 Å². The van der Waals surface area contributed by atoms with Crippen LogP contribution in [0.1, 0.15) is 27.0 Å². The van der Waals surface area contributed by atoms with E-state index in [4.69, 9.17) is 9.47 Å². The third-order valence-corrected chi connectivity index (χ3v) is 5.36. The molecule has 2 heterocycles. The van der Waals surface area contributed by atoms with Gasteiger partial charge in [0.05, 0.1) is 11.5 Å². The summed E-state index contributed by atoms with van der Waals surface area (Å²) >= 11 is 0. The van der Waals surface area contributed by atoms with Crippen molar-refractivity contribution in [2.24, 2.45) is 0 Å². The number of amides is 2. The Morgan fingerprint density at radius 1 is 0.906 bits per heavy atom. The Labute approximate surface area is 182 Å². The maximum atomic E-state index is 13.4. The molecular weight excluding hydrogens is 412 g/mol. The number of rotatable bonds is 4. The van der Waals surface area contributed by atoms with Gasteiger partial charge in [0.1, 0.15) is 0 Å². The second-order valence-corrected chi connectivity index (χ2v) is 7.34. The first-order valence-electron chi connectivity index (χ1n) is 9.81. The lowest BCUT2D eigenvalue weighted by molar-refractivity contribution is -0.384. The fourth-order valence-electron chi connectivity index (χ4n) is 3.77. The predicted molar refractivity (Wildman–Crippen MR) is 115 cm³/mol. The van der Waals surface area contributed by atoms with Crippen LogP contribution >= 0.6 is 0 Å². The summed E-state index contributed by atoms with van der Waals surface area (Å²) in [6.45, 7) is 0.204. The molecule has 0 N–H and O–H groups in total. The minimum Gasteiger partial charge on any atom is -0.454 e. The second-order valence-electron chi connectivity index (χ2n) is 7.34. The van der Waals surface area contributed by atoms with Crippen LogP contribution in [0.3, 0.4) is 0 Å². The van der Waals surface area contributed by atoms with E-state index in [0.29, 0.717) is 33.8 Å². The molecule has 3 aromatic rings. The van der Waals surface area contributed by atoms with Gasteiger partial charge in [-0.2, -0.15) is 0 Å². The van der Waals surface area contributed by atoms with Crippen molar-refractivity contribution < 1.29 is 24.0 Å². The summed E-state index contributed by atoms with van der Waals surface area (Å²) in [4.78, 5) is 38.1. The van der Waals surface area contributed by atoms with E-state index in [1.165, 1.54) is 17.0 Å². The molecule has 5 rings (SSSR count). The van der Waals surface area contributed by atoms with Crippen molar-refractivity contribution in [2.75, 3.05) is 6.79 Å². The summed E-state index contributed by atoms with van der Waals surface area (Å²) in [5.74, 6) is 0.365. The van der Waals surface area contributed by atoms with E-state index in [-0.39, 0.29) is 24.9 Å². The van der Waals surface area contributed by atoms with Crippen molar-refractivity contribution in [2.45, 2.75) is 6.54 Å². The molecule has 0 aromatic heterocycles. The normalized spacial score (nSPS) is 15.8. The number of nitrogens with zero attached hydrogens (tertiary/aromatic N) is 2. The van der Waals surface area contributed by atoms with Gasteiger partial charge in [0, 0.05) is 23.3 Å². The van der Waals surface area contributed by atoms with E-state index in [9.17, 15) is 19.7 Å². The fourth-order valence-corrected chi connectivity index (χ4v) is 3.77. The Kier molecular flexibility index (Phi) is 4.67. The molecule has 0 unspecified atom stereocenters. The molecule has 32 heavy (non-hydrogen) atoms. The summed E-state index contributed by atoms with van der Waals surface area (Å²) < 4.78 is 10.7. The van der Waals surface area contributed by atoms with Crippen LogP contribution in [-0.2, 0) is 11.3 Å². The molecule has 8 heteroatoms. The Balaban J connectivity index is 1.53. The first kappa shape index (κ1) is 19.5. The molecule has 0 fully saturated rings. The molecule has 0 spiro atoms. The smallest absolute Gasteiger partial charge is 0.269 e. The summed E-state index contributed by atoms with van der Waals surface area (Å²) in [6, 6.07) is 18.1. The third-order valence-electron chi connectivity index (χ3n) is 5.36. The number of imide groups is 1. The van der Waals surface area contributed by atoms with E-state index < -0.39 is 10.8 Å². The van der Waals surface area contributed by atoms with Crippen molar-refractivity contribution in [1.82, 2.24) is 4.90 Å². The van der Waals surface area contributed by atoms with Crippen LogP contribution in [0.4, 0.5) is 5.69 Å². The maximum absolute atomic E-state index is 13.4. The van der Waals surface area contributed by atoms with Crippen molar-refractivity contribution in [1.29, 1.82) is 0 Å². The van der Waals surface area contributed by atoms with Crippen LogP contribution in [0.2, 0.25) is 0 Å². The lowest BCUT2D eigenvalue weighted by Gasteiger charge is -2.28. The van der Waals surface area contributed by atoms with E-state index in [0.717, 1.165) is 5.56 Å². The first-order valence-corrected chi connectivity index (χ1v) is 9.81. The zero-order valence-electron chi connectivity index (χ0n) is 16.7. The van der Waals surface area contributed by atoms with Crippen LogP contribution in [-0.4, -0.2) is 28.4 Å². The van der Waals surface area contributed by atoms with Gasteiger partial charge in [-0.05, 0) is 53.1 Å². The molecular formula is C24H16N2O6.